The van der Waals surface area contributed by atoms with E-state index in [4.69, 9.17) is 18.9 Å². The van der Waals surface area contributed by atoms with E-state index in [1.807, 2.05) is 25.8 Å². The molecular formula is C29H34FN3O6. The molecule has 1 aromatic heterocycles. The monoisotopic (exact) mass is 539 g/mol. The van der Waals surface area contributed by atoms with E-state index < -0.39 is 11.6 Å². The highest BCUT2D eigenvalue weighted by molar-refractivity contribution is 6.08. The van der Waals surface area contributed by atoms with Crippen LogP contribution in [0.2, 0.25) is 0 Å². The fourth-order valence-corrected chi connectivity index (χ4v) is 4.63. The lowest BCUT2D eigenvalue weighted by atomic mass is 10.1. The minimum atomic E-state index is -0.500. The van der Waals surface area contributed by atoms with Crippen molar-refractivity contribution in [1.82, 2.24) is 4.90 Å². The van der Waals surface area contributed by atoms with Gasteiger partial charge in [0.15, 0.2) is 29.3 Å². The van der Waals surface area contributed by atoms with Gasteiger partial charge < -0.3 is 34.0 Å². The number of piperazine rings is 1. The molecule has 4 rings (SSSR count). The van der Waals surface area contributed by atoms with Gasteiger partial charge in [-0.25, -0.2) is 4.39 Å². The van der Waals surface area contributed by atoms with Crippen LogP contribution in [0, 0.1) is 11.0 Å². The summed E-state index contributed by atoms with van der Waals surface area (Å²) >= 11 is 0. The zero-order valence-corrected chi connectivity index (χ0v) is 23.1. The maximum Gasteiger partial charge on any atom is 0.268 e. The lowest BCUT2D eigenvalue weighted by molar-refractivity contribution is -0.577. The number of hydrogen-bond acceptors (Lipinski definition) is 8. The second kappa shape index (κ2) is 11.8. The van der Waals surface area contributed by atoms with Crippen LogP contribution in [0.3, 0.4) is 0 Å². The molecule has 0 radical (unpaired) electrons. The van der Waals surface area contributed by atoms with Gasteiger partial charge in [-0.05, 0) is 56.8 Å². The molecule has 0 aliphatic carbocycles. The van der Waals surface area contributed by atoms with Gasteiger partial charge >= 0.3 is 0 Å². The first-order valence-corrected chi connectivity index (χ1v) is 12.7. The topological polar surface area (TPSA) is 87.4 Å². The lowest BCUT2D eigenvalue weighted by Crippen LogP contribution is -2.45. The molecule has 1 saturated heterocycles. The first-order chi connectivity index (χ1) is 18.7. The number of benzene rings is 2. The smallest absolute Gasteiger partial charge is 0.268 e. The van der Waals surface area contributed by atoms with Crippen LogP contribution in [0.25, 0.3) is 17.0 Å². The van der Waals surface area contributed by atoms with E-state index in [-0.39, 0.29) is 34.0 Å². The second-order valence-corrected chi connectivity index (χ2v) is 9.64. The Bertz CT molecular complexity index is 1370. The minimum Gasteiger partial charge on any atom is -0.618 e. The van der Waals surface area contributed by atoms with E-state index in [0.717, 1.165) is 13.1 Å². The Labute approximate surface area is 227 Å². The zero-order chi connectivity index (χ0) is 28.3. The Kier molecular flexibility index (Phi) is 8.44. The number of carbonyl (C=O) groups excluding carboxylic acids is 1. The molecule has 0 bridgehead atoms. The summed E-state index contributed by atoms with van der Waals surface area (Å²) in [5.74, 6) is 0.576. The van der Waals surface area contributed by atoms with Crippen LogP contribution in [0.15, 0.2) is 36.5 Å². The predicted octanol–water partition coefficient (Wildman–Crippen LogP) is 4.07. The number of aromatic nitrogens is 1. The van der Waals surface area contributed by atoms with Gasteiger partial charge in [0, 0.05) is 26.2 Å². The molecule has 0 spiro atoms. The van der Waals surface area contributed by atoms with E-state index in [9.17, 15) is 10.0 Å². The third-order valence-electron chi connectivity index (χ3n) is 6.57. The number of nitrogens with zero attached hydrogens (tertiary/aromatic N) is 3. The number of likely N-dealkylation sites (N-methyl/N-ethyl adjacent to an activating group) is 1. The lowest BCUT2D eigenvalue weighted by Gasteiger charge is -2.35. The molecule has 1 aliphatic rings. The highest BCUT2D eigenvalue weighted by atomic mass is 19.1. The van der Waals surface area contributed by atoms with Crippen molar-refractivity contribution < 1.29 is 32.9 Å². The van der Waals surface area contributed by atoms with Crippen LogP contribution in [0.5, 0.6) is 23.0 Å². The molecule has 0 amide bonds. The van der Waals surface area contributed by atoms with Crippen LogP contribution in [-0.4, -0.2) is 71.3 Å². The Morgan fingerprint density at radius 1 is 1.00 bits per heavy atom. The second-order valence-electron chi connectivity index (χ2n) is 9.64. The average Bonchev–Trinajstić information content (AvgIpc) is 2.91. The Hall–Kier alpha value is -4.05. The Morgan fingerprint density at radius 2 is 1.64 bits per heavy atom. The highest BCUT2D eigenvalue weighted by Gasteiger charge is 2.29. The number of rotatable bonds is 9. The van der Waals surface area contributed by atoms with Gasteiger partial charge in [-0.3, -0.25) is 4.79 Å². The zero-order valence-electron chi connectivity index (χ0n) is 23.1. The van der Waals surface area contributed by atoms with Crippen molar-refractivity contribution in [2.75, 3.05) is 59.5 Å². The summed E-state index contributed by atoms with van der Waals surface area (Å²) in [5.41, 5.74) is 1.20. The molecule has 2 heterocycles. The van der Waals surface area contributed by atoms with E-state index >= 15 is 4.39 Å². The molecule has 39 heavy (non-hydrogen) atoms. The first-order valence-electron chi connectivity index (χ1n) is 12.7. The summed E-state index contributed by atoms with van der Waals surface area (Å²) in [6.45, 7) is 6.39. The Balaban J connectivity index is 1.73. The number of pyridine rings is 1. The molecule has 9 nitrogen and oxygen atoms in total. The van der Waals surface area contributed by atoms with Crippen LogP contribution in [0.4, 0.5) is 10.1 Å². The summed E-state index contributed by atoms with van der Waals surface area (Å²) in [5, 5.41) is 13.6. The largest absolute Gasteiger partial charge is 0.618 e. The quantitative estimate of drug-likeness (QED) is 0.174. The number of ether oxygens (including phenoxy) is 4. The van der Waals surface area contributed by atoms with Crippen molar-refractivity contribution in [3.63, 3.8) is 0 Å². The standard InChI is InChI=1S/C29H34FN3O6/c1-18(2)39-29-26-20(16-22(30)27(29)32-11-9-31(3)10-12-32)15-21(17-33(26)35)23(34)8-7-19-13-24(36-4)28(38-6)25(14-19)37-5/h7-8,13-18H,9-12H2,1-6H3. The van der Waals surface area contributed by atoms with Gasteiger partial charge in [-0.1, -0.05) is 6.08 Å². The third-order valence-corrected chi connectivity index (χ3v) is 6.57. The first kappa shape index (κ1) is 28.0. The van der Waals surface area contributed by atoms with Gasteiger partial charge in [-0.15, -0.1) is 0 Å². The molecule has 10 heteroatoms. The fraction of sp³-hybridized carbons (Fsp3) is 0.379. The molecule has 0 saturated carbocycles. The highest BCUT2D eigenvalue weighted by Crippen LogP contribution is 2.40. The molecule has 0 unspecified atom stereocenters. The Morgan fingerprint density at radius 3 is 2.21 bits per heavy atom. The molecule has 1 fully saturated rings. The van der Waals surface area contributed by atoms with Crippen LogP contribution in [0.1, 0.15) is 29.8 Å². The van der Waals surface area contributed by atoms with Crippen molar-refractivity contribution in [1.29, 1.82) is 0 Å². The predicted molar refractivity (Wildman–Crippen MR) is 148 cm³/mol. The summed E-state index contributed by atoms with van der Waals surface area (Å²) < 4.78 is 38.2. The number of methoxy groups -OCH3 is 3. The van der Waals surface area contributed by atoms with Gasteiger partial charge in [0.1, 0.15) is 5.69 Å². The number of fused-ring (bicyclic) bond motifs is 1. The van der Waals surface area contributed by atoms with E-state index in [1.165, 1.54) is 45.7 Å². The fourth-order valence-electron chi connectivity index (χ4n) is 4.63. The number of ketones is 1. The van der Waals surface area contributed by atoms with Gasteiger partial charge in [0.25, 0.3) is 5.52 Å². The molecule has 1 aliphatic heterocycles. The molecular weight excluding hydrogens is 505 g/mol. The molecule has 208 valence electrons. The summed E-state index contributed by atoms with van der Waals surface area (Å²) in [7, 11) is 6.53. The maximum atomic E-state index is 15.6. The number of anilines is 1. The van der Waals surface area contributed by atoms with Gasteiger partial charge in [0.05, 0.1) is 38.4 Å². The van der Waals surface area contributed by atoms with E-state index in [2.05, 4.69) is 4.90 Å². The van der Waals surface area contributed by atoms with Crippen LogP contribution < -0.4 is 28.6 Å². The van der Waals surface area contributed by atoms with Crippen molar-refractivity contribution in [2.45, 2.75) is 20.0 Å². The number of hydrogen-bond donors (Lipinski definition) is 0. The van der Waals surface area contributed by atoms with Crippen molar-refractivity contribution in [3.8, 4) is 23.0 Å². The summed E-state index contributed by atoms with van der Waals surface area (Å²) in [6.07, 6.45) is 3.82. The third kappa shape index (κ3) is 5.85. The number of halogens is 1. The SMILES string of the molecule is COc1cc(C=CC(=O)c2cc3cc(F)c(N4CCN(C)CC4)c(OC(C)C)c3[n+]([O-])c2)cc(OC)c1OC. The molecule has 2 aromatic carbocycles. The molecule has 0 atom stereocenters. The summed E-state index contributed by atoms with van der Waals surface area (Å²) in [6, 6.07) is 6.20. The normalized spacial score (nSPS) is 14.3. The number of carbonyl (C=O) groups is 1. The van der Waals surface area contributed by atoms with Crippen LogP contribution >= 0.6 is 0 Å². The van der Waals surface area contributed by atoms with E-state index in [1.54, 1.807) is 18.2 Å². The van der Waals surface area contributed by atoms with Gasteiger partial charge in [0.2, 0.25) is 11.5 Å². The van der Waals surface area contributed by atoms with Crippen molar-refractivity contribution >= 4 is 28.4 Å². The van der Waals surface area contributed by atoms with Crippen molar-refractivity contribution in [3.05, 3.63) is 58.7 Å². The summed E-state index contributed by atoms with van der Waals surface area (Å²) in [4.78, 5) is 17.1. The number of allylic oxidation sites excluding steroid dienone is 1. The minimum absolute atomic E-state index is 0.114. The molecule has 0 N–H and O–H groups in total. The van der Waals surface area contributed by atoms with Gasteiger partial charge in [-0.2, -0.15) is 4.73 Å². The van der Waals surface area contributed by atoms with E-state index in [0.29, 0.717) is 40.6 Å². The van der Waals surface area contributed by atoms with Crippen LogP contribution in [-0.2, 0) is 0 Å². The average molecular weight is 540 g/mol. The maximum absolute atomic E-state index is 15.6. The molecule has 3 aromatic rings. The van der Waals surface area contributed by atoms with Crippen molar-refractivity contribution in [2.24, 2.45) is 0 Å².